The minimum absolute atomic E-state index is 0.0309. The van der Waals surface area contributed by atoms with Crippen molar-refractivity contribution < 1.29 is 18.7 Å². The first-order chi connectivity index (χ1) is 18.5. The average Bonchev–Trinajstić information content (AvgIpc) is 3.73. The molecule has 0 radical (unpaired) electrons. The van der Waals surface area contributed by atoms with Crippen LogP contribution in [0.4, 0.5) is 5.69 Å². The number of anilines is 1. The third-order valence-corrected chi connectivity index (χ3v) is 7.17. The fraction of sp³-hybridized carbons (Fsp3) is 0.379. The van der Waals surface area contributed by atoms with E-state index in [1.54, 1.807) is 16.8 Å². The molecule has 0 bridgehead atoms. The molecule has 0 aliphatic carbocycles. The molecule has 2 aromatic heterocycles. The number of nitrogens with one attached hydrogen (secondary N) is 1. The molecule has 0 spiro atoms. The number of furan rings is 1. The van der Waals surface area contributed by atoms with Crippen LogP contribution >= 0.6 is 0 Å². The molecule has 198 valence electrons. The number of amides is 2. The smallest absolute Gasteiger partial charge is 0.251 e. The third-order valence-electron chi connectivity index (χ3n) is 7.17. The van der Waals surface area contributed by atoms with Crippen LogP contribution in [0.3, 0.4) is 0 Å². The highest BCUT2D eigenvalue weighted by atomic mass is 16.5. The summed E-state index contributed by atoms with van der Waals surface area (Å²) in [6.07, 6.45) is 4.35. The molecule has 0 saturated carbocycles. The molecule has 5 rings (SSSR count). The molecule has 0 unspecified atom stereocenters. The highest BCUT2D eigenvalue weighted by Gasteiger charge is 2.35. The lowest BCUT2D eigenvalue weighted by atomic mass is 9.98. The van der Waals surface area contributed by atoms with Gasteiger partial charge in [0, 0.05) is 18.8 Å². The maximum absolute atomic E-state index is 14.0. The van der Waals surface area contributed by atoms with Crippen LogP contribution in [0.15, 0.2) is 71.3 Å². The zero-order chi connectivity index (χ0) is 26.5. The van der Waals surface area contributed by atoms with Crippen molar-refractivity contribution in [2.45, 2.75) is 57.7 Å². The van der Waals surface area contributed by atoms with Gasteiger partial charge in [0.25, 0.3) is 5.91 Å². The zero-order valence-electron chi connectivity index (χ0n) is 21.7. The van der Waals surface area contributed by atoms with Gasteiger partial charge in [-0.05, 0) is 67.1 Å². The van der Waals surface area contributed by atoms with E-state index >= 15 is 0 Å². The third kappa shape index (κ3) is 5.47. The zero-order valence-corrected chi connectivity index (χ0v) is 21.7. The van der Waals surface area contributed by atoms with Crippen LogP contribution in [0.2, 0.25) is 0 Å². The van der Waals surface area contributed by atoms with Crippen LogP contribution < -0.4 is 10.2 Å². The van der Waals surface area contributed by atoms with Crippen LogP contribution in [0.25, 0.3) is 11.0 Å². The first-order valence-electron chi connectivity index (χ1n) is 13.2. The number of benzene rings is 2. The predicted octanol–water partition coefficient (Wildman–Crippen LogP) is 4.61. The van der Waals surface area contributed by atoms with Crippen LogP contribution in [-0.2, 0) is 20.9 Å². The van der Waals surface area contributed by atoms with Gasteiger partial charge in [0.15, 0.2) is 6.04 Å². The number of aromatic nitrogens is 3. The molecule has 1 aliphatic rings. The molecular formula is C29H33N5O4. The van der Waals surface area contributed by atoms with Gasteiger partial charge in [-0.25, -0.2) is 4.68 Å². The molecule has 1 fully saturated rings. The Kier molecular flexibility index (Phi) is 7.83. The van der Waals surface area contributed by atoms with Crippen molar-refractivity contribution in [1.82, 2.24) is 20.3 Å². The number of carbonyl (C=O) groups is 2. The number of para-hydroxylation sites is 1. The number of hydrogen-bond acceptors (Lipinski definition) is 6. The number of fused-ring (bicyclic) bond motifs is 1. The summed E-state index contributed by atoms with van der Waals surface area (Å²) in [5, 5.41) is 11.4. The minimum Gasteiger partial charge on any atom is -0.467 e. The fourth-order valence-electron chi connectivity index (χ4n) is 4.81. The first-order valence-corrected chi connectivity index (χ1v) is 13.2. The molecule has 9 heteroatoms. The number of nitrogens with zero attached hydrogens (tertiary/aromatic N) is 4. The summed E-state index contributed by atoms with van der Waals surface area (Å²) in [6, 6.07) is 17.7. The number of hydrogen-bond donors (Lipinski definition) is 1. The largest absolute Gasteiger partial charge is 0.467 e. The van der Waals surface area contributed by atoms with Crippen molar-refractivity contribution >= 4 is 28.5 Å². The van der Waals surface area contributed by atoms with Crippen molar-refractivity contribution in [2.75, 3.05) is 18.1 Å². The lowest BCUT2D eigenvalue weighted by Gasteiger charge is -2.30. The van der Waals surface area contributed by atoms with E-state index in [-0.39, 0.29) is 24.5 Å². The van der Waals surface area contributed by atoms with Gasteiger partial charge in [0.2, 0.25) is 5.91 Å². The molecule has 1 saturated heterocycles. The molecule has 38 heavy (non-hydrogen) atoms. The molecule has 4 aromatic rings. The monoisotopic (exact) mass is 515 g/mol. The van der Waals surface area contributed by atoms with Crippen molar-refractivity contribution in [2.24, 2.45) is 0 Å². The van der Waals surface area contributed by atoms with Gasteiger partial charge in [-0.2, -0.15) is 0 Å². The van der Waals surface area contributed by atoms with Gasteiger partial charge >= 0.3 is 0 Å². The Bertz CT molecular complexity index is 1360. The summed E-state index contributed by atoms with van der Waals surface area (Å²) in [5.74, 6) is 0.104. The van der Waals surface area contributed by atoms with Crippen molar-refractivity contribution in [1.29, 1.82) is 0 Å². The molecule has 9 nitrogen and oxygen atoms in total. The van der Waals surface area contributed by atoms with E-state index in [1.807, 2.05) is 48.5 Å². The maximum Gasteiger partial charge on any atom is 0.251 e. The van der Waals surface area contributed by atoms with Crippen molar-refractivity contribution in [3.63, 3.8) is 0 Å². The maximum atomic E-state index is 14.0. The summed E-state index contributed by atoms with van der Waals surface area (Å²) in [6.45, 7) is 5.28. The Morgan fingerprint density at radius 3 is 2.66 bits per heavy atom. The van der Waals surface area contributed by atoms with Crippen LogP contribution in [-0.4, -0.2) is 46.1 Å². The number of carbonyl (C=O) groups excluding carboxylic acids is 2. The number of ether oxygens (including phenoxy) is 1. The lowest BCUT2D eigenvalue weighted by molar-refractivity contribution is -0.127. The topological polar surface area (TPSA) is 102 Å². The second-order valence-electron chi connectivity index (χ2n) is 9.70. The van der Waals surface area contributed by atoms with Gasteiger partial charge in [-0.15, -0.1) is 5.10 Å². The van der Waals surface area contributed by atoms with E-state index in [0.717, 1.165) is 24.8 Å². The van der Waals surface area contributed by atoms with E-state index < -0.39 is 6.04 Å². The highest BCUT2D eigenvalue weighted by molar-refractivity contribution is 6.01. The molecular weight excluding hydrogens is 482 g/mol. The average molecular weight is 516 g/mol. The standard InChI is InChI=1S/C29H33N5O4/c1-3-20(2)21-12-14-22(15-13-21)34(27(35)19-33-25-10-5-4-9-24(25)31-32-33)28(26-11-7-17-38-26)29(36)30-18-23-8-6-16-37-23/h4-5,7,9-15,17,20,23,28H,3,6,8,16,18-19H2,1-2H3,(H,30,36)/t20-,23+,28+/m1/s1. The summed E-state index contributed by atoms with van der Waals surface area (Å²) < 4.78 is 12.9. The lowest BCUT2D eigenvalue weighted by Crippen LogP contribution is -2.46. The van der Waals surface area contributed by atoms with E-state index in [2.05, 4.69) is 29.5 Å². The summed E-state index contributed by atoms with van der Waals surface area (Å²) in [7, 11) is 0. The SMILES string of the molecule is CC[C@@H](C)c1ccc(N(C(=O)Cn2nnc3ccccc32)[C@H](C(=O)NC[C@@H]2CCCO2)c2ccco2)cc1. The molecule has 1 N–H and O–H groups in total. The molecule has 2 aromatic carbocycles. The molecule has 3 atom stereocenters. The van der Waals surface area contributed by atoms with E-state index in [9.17, 15) is 9.59 Å². The van der Waals surface area contributed by atoms with E-state index in [1.165, 1.54) is 16.7 Å². The van der Waals surface area contributed by atoms with E-state index in [0.29, 0.717) is 36.0 Å². The Morgan fingerprint density at radius 2 is 1.95 bits per heavy atom. The Morgan fingerprint density at radius 1 is 1.13 bits per heavy atom. The molecule has 2 amide bonds. The highest BCUT2D eigenvalue weighted by Crippen LogP contribution is 2.31. The summed E-state index contributed by atoms with van der Waals surface area (Å²) in [4.78, 5) is 29.2. The van der Waals surface area contributed by atoms with Gasteiger partial charge in [0.1, 0.15) is 17.8 Å². The van der Waals surface area contributed by atoms with Crippen molar-refractivity contribution in [3.05, 3.63) is 78.3 Å². The summed E-state index contributed by atoms with van der Waals surface area (Å²) in [5.41, 5.74) is 3.20. The number of rotatable bonds is 10. The molecule has 1 aliphatic heterocycles. The molecule has 3 heterocycles. The fourth-order valence-corrected chi connectivity index (χ4v) is 4.81. The Labute approximate surface area is 221 Å². The second-order valence-corrected chi connectivity index (χ2v) is 9.70. The first kappa shape index (κ1) is 25.7. The van der Waals surface area contributed by atoms with Crippen LogP contribution in [0.5, 0.6) is 0 Å². The van der Waals surface area contributed by atoms with E-state index in [4.69, 9.17) is 9.15 Å². The summed E-state index contributed by atoms with van der Waals surface area (Å²) >= 11 is 0. The van der Waals surface area contributed by atoms with Crippen LogP contribution in [0.1, 0.15) is 56.4 Å². The Hall–Kier alpha value is -3.98. The quantitative estimate of drug-likeness (QED) is 0.331. The van der Waals surface area contributed by atoms with Gasteiger partial charge in [0.05, 0.1) is 17.9 Å². The van der Waals surface area contributed by atoms with Crippen LogP contribution in [0, 0.1) is 0 Å². The van der Waals surface area contributed by atoms with Gasteiger partial charge < -0.3 is 14.5 Å². The normalized spacial score (nSPS) is 16.8. The predicted molar refractivity (Wildman–Crippen MR) is 144 cm³/mol. The van der Waals surface area contributed by atoms with Crippen molar-refractivity contribution in [3.8, 4) is 0 Å². The van der Waals surface area contributed by atoms with Gasteiger partial charge in [-0.1, -0.05) is 43.3 Å². The minimum atomic E-state index is -1.01. The Balaban J connectivity index is 1.50. The second kappa shape index (κ2) is 11.6. The van der Waals surface area contributed by atoms with Gasteiger partial charge in [-0.3, -0.25) is 14.5 Å².